The van der Waals surface area contributed by atoms with Gasteiger partial charge in [0.15, 0.2) is 0 Å². The van der Waals surface area contributed by atoms with Gasteiger partial charge in [-0.1, -0.05) is 37.6 Å². The van der Waals surface area contributed by atoms with Crippen molar-refractivity contribution >= 4 is 10.0 Å². The first-order valence-electron chi connectivity index (χ1n) is 7.75. The summed E-state index contributed by atoms with van der Waals surface area (Å²) >= 11 is 0. The summed E-state index contributed by atoms with van der Waals surface area (Å²) in [7, 11) is -1.30. The second-order valence-electron chi connectivity index (χ2n) is 5.86. The zero-order chi connectivity index (χ0) is 15.3. The van der Waals surface area contributed by atoms with Gasteiger partial charge in [-0.25, -0.2) is 12.7 Å². The standard InChI is InChI=1S/C16H26N2O2S/c1-3-14-7-9-18(10-8-14)21(19,20)13-16-6-4-5-15(11-16)12-17-2/h4-6,11,14,17H,3,7-10,12-13H2,1-2H3. The molecule has 0 unspecified atom stereocenters. The van der Waals surface area contributed by atoms with Crippen LogP contribution in [0, 0.1) is 5.92 Å². The molecule has 0 saturated carbocycles. The molecule has 1 aromatic rings. The van der Waals surface area contributed by atoms with E-state index >= 15 is 0 Å². The van der Waals surface area contributed by atoms with Gasteiger partial charge in [0.25, 0.3) is 0 Å². The Labute approximate surface area is 128 Å². The van der Waals surface area contributed by atoms with Crippen LogP contribution in [0.2, 0.25) is 0 Å². The largest absolute Gasteiger partial charge is 0.316 e. The van der Waals surface area contributed by atoms with E-state index in [-0.39, 0.29) is 5.75 Å². The van der Waals surface area contributed by atoms with Gasteiger partial charge >= 0.3 is 0 Å². The Morgan fingerprint density at radius 1 is 1.24 bits per heavy atom. The second kappa shape index (κ2) is 7.38. The molecule has 1 fully saturated rings. The highest BCUT2D eigenvalue weighted by Gasteiger charge is 2.27. The van der Waals surface area contributed by atoms with E-state index in [2.05, 4.69) is 12.2 Å². The highest BCUT2D eigenvalue weighted by molar-refractivity contribution is 7.88. The van der Waals surface area contributed by atoms with E-state index in [0.29, 0.717) is 19.0 Å². The third-order valence-electron chi connectivity index (χ3n) is 4.27. The lowest BCUT2D eigenvalue weighted by molar-refractivity contribution is 0.269. The number of nitrogens with zero attached hydrogens (tertiary/aromatic N) is 1. The number of piperidine rings is 1. The lowest BCUT2D eigenvalue weighted by atomic mass is 9.96. The first-order chi connectivity index (χ1) is 10.0. The summed E-state index contributed by atoms with van der Waals surface area (Å²) in [5.74, 6) is 0.803. The fourth-order valence-electron chi connectivity index (χ4n) is 2.93. The summed E-state index contributed by atoms with van der Waals surface area (Å²) in [6.07, 6.45) is 3.14. The van der Waals surface area contributed by atoms with Crippen LogP contribution in [0.1, 0.15) is 37.3 Å². The predicted octanol–water partition coefficient (Wildman–Crippen LogP) is 2.36. The molecule has 0 amide bonds. The summed E-state index contributed by atoms with van der Waals surface area (Å²) in [5.41, 5.74) is 2.00. The van der Waals surface area contributed by atoms with Crippen LogP contribution in [0.15, 0.2) is 24.3 Å². The number of rotatable bonds is 6. The van der Waals surface area contributed by atoms with E-state index in [1.165, 1.54) is 0 Å². The van der Waals surface area contributed by atoms with Crippen LogP contribution in [-0.4, -0.2) is 32.9 Å². The lowest BCUT2D eigenvalue weighted by Gasteiger charge is -2.30. The van der Waals surface area contributed by atoms with Crippen molar-refractivity contribution in [1.82, 2.24) is 9.62 Å². The third kappa shape index (κ3) is 4.53. The zero-order valence-corrected chi connectivity index (χ0v) is 13.8. The quantitative estimate of drug-likeness (QED) is 0.877. The summed E-state index contributed by atoms with van der Waals surface area (Å²) in [6, 6.07) is 7.82. The van der Waals surface area contributed by atoms with Crippen LogP contribution >= 0.6 is 0 Å². The maximum absolute atomic E-state index is 12.5. The maximum atomic E-state index is 12.5. The van der Waals surface area contributed by atoms with E-state index in [0.717, 1.165) is 36.9 Å². The van der Waals surface area contributed by atoms with Gasteiger partial charge in [-0.3, -0.25) is 0 Å². The number of benzene rings is 1. The monoisotopic (exact) mass is 310 g/mol. The van der Waals surface area contributed by atoms with Gasteiger partial charge in [0.1, 0.15) is 0 Å². The zero-order valence-electron chi connectivity index (χ0n) is 13.0. The Balaban J connectivity index is 2.02. The smallest absolute Gasteiger partial charge is 0.218 e. The summed E-state index contributed by atoms with van der Waals surface area (Å²) in [5, 5.41) is 3.09. The average molecular weight is 310 g/mol. The fourth-order valence-corrected chi connectivity index (χ4v) is 4.48. The minimum absolute atomic E-state index is 0.112. The second-order valence-corrected chi connectivity index (χ2v) is 7.83. The molecule has 1 aromatic carbocycles. The van der Waals surface area contributed by atoms with Crippen LogP contribution < -0.4 is 5.32 Å². The van der Waals surface area contributed by atoms with Crippen LogP contribution in [0.5, 0.6) is 0 Å². The molecule has 0 radical (unpaired) electrons. The van der Waals surface area contributed by atoms with Gasteiger partial charge in [-0.2, -0.15) is 0 Å². The fraction of sp³-hybridized carbons (Fsp3) is 0.625. The SMILES string of the molecule is CCC1CCN(S(=O)(=O)Cc2cccc(CNC)c2)CC1. The van der Waals surface area contributed by atoms with Gasteiger partial charge < -0.3 is 5.32 Å². The minimum Gasteiger partial charge on any atom is -0.316 e. The van der Waals surface area contributed by atoms with Gasteiger partial charge in [0, 0.05) is 19.6 Å². The van der Waals surface area contributed by atoms with E-state index in [1.807, 2.05) is 31.3 Å². The normalized spacial score (nSPS) is 18.0. The molecule has 21 heavy (non-hydrogen) atoms. The molecule has 118 valence electrons. The van der Waals surface area contributed by atoms with Crippen LogP contribution in [0.4, 0.5) is 0 Å². The van der Waals surface area contributed by atoms with Crippen molar-refractivity contribution in [3.8, 4) is 0 Å². The molecule has 0 bridgehead atoms. The van der Waals surface area contributed by atoms with Crippen LogP contribution in [-0.2, 0) is 22.3 Å². The summed E-state index contributed by atoms with van der Waals surface area (Å²) in [6.45, 7) is 4.30. The predicted molar refractivity (Wildman–Crippen MR) is 86.4 cm³/mol. The molecular weight excluding hydrogens is 284 g/mol. The molecule has 0 atom stereocenters. The highest BCUT2D eigenvalue weighted by atomic mass is 32.2. The average Bonchev–Trinajstić information content (AvgIpc) is 2.47. The Bertz CT molecular complexity index is 549. The maximum Gasteiger partial charge on any atom is 0.218 e. The molecule has 1 heterocycles. The van der Waals surface area contributed by atoms with Crippen molar-refractivity contribution in [2.75, 3.05) is 20.1 Å². The lowest BCUT2D eigenvalue weighted by Crippen LogP contribution is -2.39. The Hall–Kier alpha value is -0.910. The molecule has 2 rings (SSSR count). The molecule has 1 N–H and O–H groups in total. The molecule has 5 heteroatoms. The molecule has 1 aliphatic rings. The minimum atomic E-state index is -3.19. The molecule has 1 aliphatic heterocycles. The van der Waals surface area contributed by atoms with Crippen LogP contribution in [0.25, 0.3) is 0 Å². The summed E-state index contributed by atoms with van der Waals surface area (Å²) in [4.78, 5) is 0. The first kappa shape index (κ1) is 16.5. The van der Waals surface area contributed by atoms with Crippen molar-refractivity contribution in [2.45, 2.75) is 38.5 Å². The van der Waals surface area contributed by atoms with Gasteiger partial charge in [0.05, 0.1) is 5.75 Å². The number of hydrogen-bond donors (Lipinski definition) is 1. The number of hydrogen-bond acceptors (Lipinski definition) is 3. The van der Waals surface area contributed by atoms with E-state index < -0.39 is 10.0 Å². The Morgan fingerprint density at radius 2 is 1.90 bits per heavy atom. The highest BCUT2D eigenvalue weighted by Crippen LogP contribution is 2.23. The molecule has 4 nitrogen and oxygen atoms in total. The third-order valence-corrected chi connectivity index (χ3v) is 6.12. The topological polar surface area (TPSA) is 49.4 Å². The molecule has 0 aliphatic carbocycles. The van der Waals surface area contributed by atoms with Gasteiger partial charge in [0.2, 0.25) is 10.0 Å². The first-order valence-corrected chi connectivity index (χ1v) is 9.36. The molecule has 0 spiro atoms. The van der Waals surface area contributed by atoms with Crippen LogP contribution in [0.3, 0.4) is 0 Å². The van der Waals surface area contributed by atoms with Gasteiger partial charge in [-0.05, 0) is 36.9 Å². The van der Waals surface area contributed by atoms with Gasteiger partial charge in [-0.15, -0.1) is 0 Å². The van der Waals surface area contributed by atoms with E-state index in [1.54, 1.807) is 4.31 Å². The Kier molecular flexibility index (Phi) is 5.79. The molecular formula is C16H26N2O2S. The van der Waals surface area contributed by atoms with Crippen molar-refractivity contribution in [3.05, 3.63) is 35.4 Å². The summed E-state index contributed by atoms with van der Waals surface area (Å²) < 4.78 is 26.7. The van der Waals surface area contributed by atoms with Crippen molar-refractivity contribution in [3.63, 3.8) is 0 Å². The van der Waals surface area contributed by atoms with E-state index in [4.69, 9.17) is 0 Å². The van der Waals surface area contributed by atoms with Crippen molar-refractivity contribution in [2.24, 2.45) is 5.92 Å². The molecule has 1 saturated heterocycles. The number of nitrogens with one attached hydrogen (secondary N) is 1. The van der Waals surface area contributed by atoms with Crippen molar-refractivity contribution in [1.29, 1.82) is 0 Å². The molecule has 0 aromatic heterocycles. The Morgan fingerprint density at radius 3 is 2.52 bits per heavy atom. The number of sulfonamides is 1. The van der Waals surface area contributed by atoms with E-state index in [9.17, 15) is 8.42 Å². The van der Waals surface area contributed by atoms with Crippen molar-refractivity contribution < 1.29 is 8.42 Å².